The van der Waals surface area contributed by atoms with E-state index in [0.717, 1.165) is 15.6 Å². The molecule has 0 aliphatic carbocycles. The van der Waals surface area contributed by atoms with Crippen molar-refractivity contribution in [3.8, 4) is 5.69 Å². The van der Waals surface area contributed by atoms with Gasteiger partial charge in [-0.2, -0.15) is 0 Å². The zero-order valence-electron chi connectivity index (χ0n) is 13.5. The molecule has 2 aromatic carbocycles. The van der Waals surface area contributed by atoms with Crippen molar-refractivity contribution in [3.63, 3.8) is 0 Å². The molecule has 0 aliphatic heterocycles. The molecule has 3 rings (SSSR count). The topological polar surface area (TPSA) is 46.9 Å². The maximum atomic E-state index is 12.2. The van der Waals surface area contributed by atoms with E-state index in [9.17, 15) is 4.79 Å². The molecule has 0 spiro atoms. The Kier molecular flexibility index (Phi) is 6.37. The van der Waals surface area contributed by atoms with Crippen molar-refractivity contribution >= 4 is 70.1 Å². The number of anilines is 1. The Balaban J connectivity index is 1.64. The summed E-state index contributed by atoms with van der Waals surface area (Å²) in [5, 5.41) is 8.44. The molecule has 0 saturated heterocycles. The number of nitrogens with zero attached hydrogens (tertiary/aromatic N) is 2. The van der Waals surface area contributed by atoms with Crippen LogP contribution in [0.15, 0.2) is 46.8 Å². The van der Waals surface area contributed by atoms with E-state index in [4.69, 9.17) is 35.4 Å². The minimum absolute atomic E-state index is 0.153. The first-order valence-corrected chi connectivity index (χ1v) is 10.4. The van der Waals surface area contributed by atoms with Crippen LogP contribution in [0.2, 0.25) is 10.0 Å². The monoisotopic (exact) mass is 441 g/mol. The summed E-state index contributed by atoms with van der Waals surface area (Å²) >= 11 is 20.1. The Labute approximate surface area is 174 Å². The number of halogens is 2. The summed E-state index contributed by atoms with van der Waals surface area (Å²) in [6, 6.07) is 12.8. The lowest BCUT2D eigenvalue weighted by atomic mass is 10.2. The largest absolute Gasteiger partial charge is 0.324 e. The molecule has 4 nitrogen and oxygen atoms in total. The van der Waals surface area contributed by atoms with Crippen LogP contribution >= 0.6 is 58.5 Å². The van der Waals surface area contributed by atoms with Crippen LogP contribution in [0.4, 0.5) is 5.69 Å². The van der Waals surface area contributed by atoms with Crippen molar-refractivity contribution in [2.24, 2.45) is 0 Å². The second-order valence-electron chi connectivity index (χ2n) is 5.34. The van der Waals surface area contributed by atoms with E-state index in [1.165, 1.54) is 23.1 Å². The van der Waals surface area contributed by atoms with Gasteiger partial charge in [-0.3, -0.25) is 4.79 Å². The summed E-state index contributed by atoms with van der Waals surface area (Å²) in [5.74, 6) is 0.0625. The summed E-state index contributed by atoms with van der Waals surface area (Å²) in [5.41, 5.74) is 2.47. The molecule has 0 unspecified atom stereocenters. The molecule has 0 aliphatic rings. The number of aromatic nitrogens is 2. The molecule has 1 amide bonds. The van der Waals surface area contributed by atoms with Crippen molar-refractivity contribution in [1.29, 1.82) is 0 Å². The molecule has 0 radical (unpaired) electrons. The predicted molar refractivity (Wildman–Crippen MR) is 113 cm³/mol. The Morgan fingerprint density at radius 3 is 2.69 bits per heavy atom. The number of carbonyl (C=O) groups is 1. The SMILES string of the molecule is Cc1ccc(NC(=O)CSc2nn(-c3ccc(Cl)cc3)c(=S)s2)c(Cl)c1. The second kappa shape index (κ2) is 8.54. The molecule has 134 valence electrons. The van der Waals surface area contributed by atoms with Crippen molar-refractivity contribution < 1.29 is 4.79 Å². The molecule has 9 heteroatoms. The van der Waals surface area contributed by atoms with Crippen LogP contribution in [0.1, 0.15) is 5.56 Å². The maximum absolute atomic E-state index is 12.2. The average molecular weight is 442 g/mol. The van der Waals surface area contributed by atoms with E-state index in [0.29, 0.717) is 19.7 Å². The molecule has 1 N–H and O–H groups in total. The van der Waals surface area contributed by atoms with Gasteiger partial charge in [0.2, 0.25) is 5.91 Å². The predicted octanol–water partition coefficient (Wildman–Crippen LogP) is 6.01. The molecule has 1 aromatic heterocycles. The minimum atomic E-state index is -0.153. The fourth-order valence-corrected chi connectivity index (χ4v) is 4.67. The normalized spacial score (nSPS) is 10.7. The van der Waals surface area contributed by atoms with E-state index in [-0.39, 0.29) is 11.7 Å². The Morgan fingerprint density at radius 1 is 1.27 bits per heavy atom. The summed E-state index contributed by atoms with van der Waals surface area (Å²) in [6.07, 6.45) is 0. The lowest BCUT2D eigenvalue weighted by Crippen LogP contribution is -2.14. The smallest absolute Gasteiger partial charge is 0.234 e. The molecule has 3 aromatic rings. The van der Waals surface area contributed by atoms with Crippen molar-refractivity contribution in [2.45, 2.75) is 11.3 Å². The molecule has 1 heterocycles. The number of aryl methyl sites for hydroxylation is 1. The maximum Gasteiger partial charge on any atom is 0.234 e. The van der Waals surface area contributed by atoms with E-state index in [1.54, 1.807) is 22.9 Å². The molecule has 0 fully saturated rings. The Bertz CT molecular complexity index is 999. The van der Waals surface area contributed by atoms with Gasteiger partial charge in [0, 0.05) is 5.02 Å². The Hall–Kier alpha value is -1.38. The summed E-state index contributed by atoms with van der Waals surface area (Å²) in [6.45, 7) is 1.94. The fraction of sp³-hybridized carbons (Fsp3) is 0.118. The number of benzene rings is 2. The van der Waals surface area contributed by atoms with Crippen LogP contribution < -0.4 is 5.32 Å². The van der Waals surface area contributed by atoms with Crippen LogP contribution in [-0.4, -0.2) is 21.4 Å². The zero-order valence-corrected chi connectivity index (χ0v) is 17.5. The number of hydrogen-bond acceptors (Lipinski definition) is 5. The van der Waals surface area contributed by atoms with Gasteiger partial charge in [-0.15, -0.1) is 5.10 Å². The van der Waals surface area contributed by atoms with Crippen LogP contribution in [0.5, 0.6) is 0 Å². The fourth-order valence-electron chi connectivity index (χ4n) is 2.10. The van der Waals surface area contributed by atoms with E-state index >= 15 is 0 Å². The molecular weight excluding hydrogens is 429 g/mol. The van der Waals surface area contributed by atoms with Gasteiger partial charge in [-0.05, 0) is 61.1 Å². The highest BCUT2D eigenvalue weighted by Crippen LogP contribution is 2.26. The van der Waals surface area contributed by atoms with Crippen LogP contribution in [0.25, 0.3) is 5.69 Å². The summed E-state index contributed by atoms with van der Waals surface area (Å²) in [4.78, 5) is 12.2. The van der Waals surface area contributed by atoms with Gasteiger partial charge in [-0.1, -0.05) is 52.4 Å². The number of amides is 1. The first-order chi connectivity index (χ1) is 12.4. The van der Waals surface area contributed by atoms with Crippen molar-refractivity contribution in [2.75, 3.05) is 11.1 Å². The van der Waals surface area contributed by atoms with Gasteiger partial charge in [-0.25, -0.2) is 4.68 Å². The van der Waals surface area contributed by atoms with E-state index in [1.807, 2.05) is 31.2 Å². The van der Waals surface area contributed by atoms with E-state index in [2.05, 4.69) is 10.4 Å². The molecule has 0 atom stereocenters. The number of nitrogens with one attached hydrogen (secondary N) is 1. The number of rotatable bonds is 5. The van der Waals surface area contributed by atoms with Crippen LogP contribution in [0, 0.1) is 10.9 Å². The average Bonchev–Trinajstić information content (AvgIpc) is 2.97. The minimum Gasteiger partial charge on any atom is -0.324 e. The molecule has 26 heavy (non-hydrogen) atoms. The van der Waals surface area contributed by atoms with Gasteiger partial charge in [0.1, 0.15) is 0 Å². The number of hydrogen-bond donors (Lipinski definition) is 1. The second-order valence-corrected chi connectivity index (χ2v) is 9.03. The van der Waals surface area contributed by atoms with Crippen molar-refractivity contribution in [3.05, 3.63) is 62.0 Å². The zero-order chi connectivity index (χ0) is 18.7. The third-order valence-corrected chi connectivity index (χ3v) is 6.26. The van der Waals surface area contributed by atoms with E-state index < -0.39 is 0 Å². The highest BCUT2D eigenvalue weighted by Gasteiger charge is 2.11. The summed E-state index contributed by atoms with van der Waals surface area (Å²) < 4.78 is 2.99. The van der Waals surface area contributed by atoms with Gasteiger partial charge >= 0.3 is 0 Å². The highest BCUT2D eigenvalue weighted by molar-refractivity contribution is 8.01. The van der Waals surface area contributed by atoms with Gasteiger partial charge in [0.05, 0.1) is 22.2 Å². The molecular formula is C17H13Cl2N3OS3. The van der Waals surface area contributed by atoms with Gasteiger partial charge < -0.3 is 5.32 Å². The Morgan fingerprint density at radius 2 is 2.00 bits per heavy atom. The molecule has 0 saturated carbocycles. The number of carbonyl (C=O) groups excluding carboxylic acids is 1. The standard InChI is InChI=1S/C17H13Cl2N3OS3/c1-10-2-7-14(13(19)8-10)20-15(23)9-25-16-21-22(17(24)26-16)12-5-3-11(18)4-6-12/h2-8H,9H2,1H3,(H,20,23). The first-order valence-electron chi connectivity index (χ1n) is 7.47. The third-order valence-electron chi connectivity index (χ3n) is 3.33. The molecule has 0 bridgehead atoms. The van der Waals surface area contributed by atoms with Crippen LogP contribution in [0.3, 0.4) is 0 Å². The third kappa shape index (κ3) is 4.86. The first kappa shape index (κ1) is 19.4. The lowest BCUT2D eigenvalue weighted by Gasteiger charge is -2.07. The van der Waals surface area contributed by atoms with Crippen LogP contribution in [-0.2, 0) is 4.79 Å². The lowest BCUT2D eigenvalue weighted by molar-refractivity contribution is -0.113. The number of thioether (sulfide) groups is 1. The van der Waals surface area contributed by atoms with Crippen molar-refractivity contribution in [1.82, 2.24) is 9.78 Å². The highest BCUT2D eigenvalue weighted by atomic mass is 35.5. The quantitative estimate of drug-likeness (QED) is 0.388. The van der Waals surface area contributed by atoms with Gasteiger partial charge in [0.15, 0.2) is 8.29 Å². The summed E-state index contributed by atoms with van der Waals surface area (Å²) in [7, 11) is 0. The van der Waals surface area contributed by atoms with Gasteiger partial charge in [0.25, 0.3) is 0 Å².